The number of para-hydroxylation sites is 2. The molecule has 0 aliphatic carbocycles. The van der Waals surface area contributed by atoms with Crippen molar-refractivity contribution in [1.82, 2.24) is 9.55 Å². The fourth-order valence-electron chi connectivity index (χ4n) is 5.93. The highest BCUT2D eigenvalue weighted by atomic mass is 15.1. The molecule has 2 nitrogen and oxygen atoms in total. The summed E-state index contributed by atoms with van der Waals surface area (Å²) in [6, 6.07) is 24.3. The monoisotopic (exact) mass is 546 g/mol. The summed E-state index contributed by atoms with van der Waals surface area (Å²) in [6.45, 7) is 1.96. The molecule has 0 atom stereocenters. The topological polar surface area (TPSA) is 17.8 Å². The van der Waals surface area contributed by atoms with Crippen molar-refractivity contribution in [3.8, 4) is 39.1 Å². The van der Waals surface area contributed by atoms with Crippen LogP contribution in [0.3, 0.4) is 0 Å². The first kappa shape index (κ1) is 16.1. The van der Waals surface area contributed by atoms with Crippen molar-refractivity contribution >= 4 is 32.6 Å². The van der Waals surface area contributed by atoms with Crippen molar-refractivity contribution < 1.29 is 13.7 Å². The molecule has 1 aromatic heterocycles. The third-order valence-electron chi connectivity index (χ3n) is 7.71. The van der Waals surface area contributed by atoms with Gasteiger partial charge in [-0.3, -0.25) is 4.57 Å². The number of aryl methyl sites for hydroxylation is 1. The minimum atomic E-state index is -0.509. The summed E-state index contributed by atoms with van der Waals surface area (Å²) in [6.07, 6.45) is 0. The van der Waals surface area contributed by atoms with E-state index in [0.29, 0.717) is 27.3 Å². The highest BCUT2D eigenvalue weighted by Crippen LogP contribution is 2.44. The van der Waals surface area contributed by atoms with Crippen LogP contribution in [0, 0.1) is 6.92 Å². The van der Waals surface area contributed by atoms with E-state index in [0.717, 1.165) is 39.1 Å². The second kappa shape index (κ2) is 9.87. The van der Waals surface area contributed by atoms with Crippen LogP contribution in [0.2, 0.25) is 0 Å². The maximum absolute atomic E-state index is 8.96. The van der Waals surface area contributed by atoms with E-state index in [1.165, 1.54) is 0 Å². The van der Waals surface area contributed by atoms with Crippen molar-refractivity contribution in [2.24, 2.45) is 0 Å². The zero-order chi connectivity index (χ0) is 36.7. The standard InChI is InChI=1S/C40H28N2/c1-27-41-37-18-10-11-19-38(37)42(27)32-23-20-30(21-24-32)39-33-16-8-9-17-34(33)40(29-14-6-3-7-15-29)36-26-31(22-25-35(36)39)28-12-4-2-5-13-28/h2-26H,1H3/i2D,3D,4D,5D,6D,7D,12D,13D,14D,15D. The predicted octanol–water partition coefficient (Wildman–Crippen LogP) is 10.6. The summed E-state index contributed by atoms with van der Waals surface area (Å²) >= 11 is 0. The molecule has 0 bridgehead atoms. The number of fused-ring (bicyclic) bond motifs is 3. The number of aromatic nitrogens is 2. The van der Waals surface area contributed by atoms with Gasteiger partial charge in [-0.1, -0.05) is 121 Å². The molecule has 0 aliphatic heterocycles. The van der Waals surface area contributed by atoms with E-state index in [-0.39, 0.29) is 35.3 Å². The molecular weight excluding hydrogens is 508 g/mol. The molecule has 0 saturated carbocycles. The van der Waals surface area contributed by atoms with Crippen molar-refractivity contribution in [2.75, 3.05) is 0 Å². The van der Waals surface area contributed by atoms with Gasteiger partial charge in [-0.2, -0.15) is 0 Å². The number of hydrogen-bond donors (Lipinski definition) is 0. The molecule has 8 rings (SSSR count). The lowest BCUT2D eigenvalue weighted by atomic mass is 9.85. The SMILES string of the molecule is [2H]c1c([2H])c([2H])c(-c2ccc3c(-c4ccc(-n5c(C)nc6ccccc65)cc4)c4ccccc4c(-c4c([2H])c([2H])c([2H])c([2H])c4[2H])c3c2)c([2H])c1[2H]. The first-order chi connectivity index (χ1) is 24.9. The van der Waals surface area contributed by atoms with E-state index in [2.05, 4.69) is 4.57 Å². The summed E-state index contributed by atoms with van der Waals surface area (Å²) in [5.41, 5.74) is 5.20. The molecule has 0 unspecified atom stereocenters. The Bertz CT molecular complexity index is 2750. The zero-order valence-corrected chi connectivity index (χ0v) is 22.6. The lowest BCUT2D eigenvalue weighted by Crippen LogP contribution is -1.97. The average Bonchev–Trinajstić information content (AvgIpc) is 3.50. The maximum atomic E-state index is 8.96. The second-order valence-corrected chi connectivity index (χ2v) is 10.1. The largest absolute Gasteiger partial charge is 0.297 e. The quantitative estimate of drug-likeness (QED) is 0.201. The van der Waals surface area contributed by atoms with E-state index in [1.54, 1.807) is 12.1 Å². The van der Waals surface area contributed by atoms with Crippen LogP contribution in [0.5, 0.6) is 0 Å². The van der Waals surface area contributed by atoms with Gasteiger partial charge in [0.2, 0.25) is 0 Å². The summed E-state index contributed by atoms with van der Waals surface area (Å²) in [7, 11) is 0. The van der Waals surface area contributed by atoms with Gasteiger partial charge in [0.25, 0.3) is 0 Å². The molecule has 0 N–H and O–H groups in total. The zero-order valence-electron chi connectivity index (χ0n) is 32.6. The van der Waals surface area contributed by atoms with E-state index in [1.807, 2.05) is 85.8 Å². The van der Waals surface area contributed by atoms with Gasteiger partial charge in [0.1, 0.15) is 5.82 Å². The average molecular weight is 547 g/mol. The van der Waals surface area contributed by atoms with Gasteiger partial charge in [0, 0.05) is 5.69 Å². The fraction of sp³-hybridized carbons (Fsp3) is 0.0250. The van der Waals surface area contributed by atoms with Crippen LogP contribution in [-0.2, 0) is 0 Å². The summed E-state index contributed by atoms with van der Waals surface area (Å²) in [5, 5.41) is 2.59. The Hall–Kier alpha value is -5.47. The molecule has 0 saturated heterocycles. The molecule has 7 aromatic carbocycles. The van der Waals surface area contributed by atoms with Crippen LogP contribution < -0.4 is 0 Å². The molecule has 198 valence electrons. The van der Waals surface area contributed by atoms with E-state index in [4.69, 9.17) is 18.7 Å². The molecule has 0 amide bonds. The maximum Gasteiger partial charge on any atom is 0.111 e. The smallest absolute Gasteiger partial charge is 0.111 e. The Morgan fingerprint density at radius 2 is 1.10 bits per heavy atom. The Morgan fingerprint density at radius 1 is 0.524 bits per heavy atom. The Morgan fingerprint density at radius 3 is 1.81 bits per heavy atom. The van der Waals surface area contributed by atoms with Crippen LogP contribution in [-0.4, -0.2) is 9.55 Å². The second-order valence-electron chi connectivity index (χ2n) is 10.1. The molecule has 0 radical (unpaired) electrons. The van der Waals surface area contributed by atoms with Crippen LogP contribution in [0.4, 0.5) is 0 Å². The molecule has 1 heterocycles. The van der Waals surface area contributed by atoms with Gasteiger partial charge in [0.05, 0.1) is 24.7 Å². The first-order valence-electron chi connectivity index (χ1n) is 18.6. The van der Waals surface area contributed by atoms with Crippen LogP contribution in [0.25, 0.3) is 71.6 Å². The van der Waals surface area contributed by atoms with Crippen LogP contribution in [0.1, 0.15) is 19.5 Å². The molecule has 42 heavy (non-hydrogen) atoms. The van der Waals surface area contributed by atoms with Crippen molar-refractivity contribution in [2.45, 2.75) is 6.92 Å². The molecule has 8 aromatic rings. The lowest BCUT2D eigenvalue weighted by Gasteiger charge is -2.19. The van der Waals surface area contributed by atoms with E-state index < -0.39 is 36.3 Å². The van der Waals surface area contributed by atoms with Crippen LogP contribution >= 0.6 is 0 Å². The first-order valence-corrected chi connectivity index (χ1v) is 13.6. The van der Waals surface area contributed by atoms with Gasteiger partial charge in [-0.25, -0.2) is 4.98 Å². The Kier molecular flexibility index (Phi) is 3.78. The third-order valence-corrected chi connectivity index (χ3v) is 7.71. The van der Waals surface area contributed by atoms with Gasteiger partial charge in [-0.15, -0.1) is 0 Å². The number of nitrogens with zero attached hydrogens (tertiary/aromatic N) is 2. The normalized spacial score (nSPS) is 14.8. The van der Waals surface area contributed by atoms with Crippen LogP contribution in [0.15, 0.2) is 151 Å². The summed E-state index contributed by atoms with van der Waals surface area (Å²) in [5.74, 6) is 0.841. The molecule has 0 fully saturated rings. The molecule has 0 aliphatic rings. The fourth-order valence-corrected chi connectivity index (χ4v) is 5.93. The lowest BCUT2D eigenvalue weighted by molar-refractivity contribution is 1.00. The minimum Gasteiger partial charge on any atom is -0.297 e. The summed E-state index contributed by atoms with van der Waals surface area (Å²) < 4.78 is 87.4. The third kappa shape index (κ3) is 3.92. The van der Waals surface area contributed by atoms with E-state index >= 15 is 0 Å². The van der Waals surface area contributed by atoms with E-state index in [9.17, 15) is 0 Å². The van der Waals surface area contributed by atoms with Crippen molar-refractivity contribution in [3.63, 3.8) is 0 Å². The molecule has 2 heteroatoms. The molecular formula is C40H28N2. The van der Waals surface area contributed by atoms with Gasteiger partial charge in [-0.05, 0) is 92.2 Å². The van der Waals surface area contributed by atoms with Gasteiger partial charge in [0.15, 0.2) is 0 Å². The Labute approximate surface area is 259 Å². The van der Waals surface area contributed by atoms with Crippen molar-refractivity contribution in [3.05, 3.63) is 157 Å². The Balaban J connectivity index is 1.48. The highest BCUT2D eigenvalue weighted by molar-refractivity contribution is 6.22. The van der Waals surface area contributed by atoms with Gasteiger partial charge < -0.3 is 0 Å². The summed E-state index contributed by atoms with van der Waals surface area (Å²) in [4.78, 5) is 4.72. The minimum absolute atomic E-state index is 0.00176. The highest BCUT2D eigenvalue weighted by Gasteiger charge is 2.18. The van der Waals surface area contributed by atoms with Gasteiger partial charge >= 0.3 is 0 Å². The number of benzene rings is 7. The number of rotatable bonds is 4. The number of hydrogen-bond acceptors (Lipinski definition) is 1. The molecule has 0 spiro atoms. The predicted molar refractivity (Wildman–Crippen MR) is 177 cm³/mol. The number of imidazole rings is 1. The van der Waals surface area contributed by atoms with Crippen molar-refractivity contribution in [1.29, 1.82) is 0 Å².